The van der Waals surface area contributed by atoms with E-state index >= 15 is 0 Å². The molecular weight excluding hydrogens is 327 g/mol. The summed E-state index contributed by atoms with van der Waals surface area (Å²) in [4.78, 5) is 26.4. The summed E-state index contributed by atoms with van der Waals surface area (Å²) in [5, 5.41) is 3.22. The predicted molar refractivity (Wildman–Crippen MR) is 78.2 cm³/mol. The zero-order chi connectivity index (χ0) is 18.0. The number of rotatable bonds is 0. The van der Waals surface area contributed by atoms with Crippen molar-refractivity contribution >= 4 is 12.0 Å². The molecule has 24 heavy (non-hydrogen) atoms. The lowest BCUT2D eigenvalue weighted by Crippen LogP contribution is -2.47. The number of likely N-dealkylation sites (tertiary alicyclic amines) is 2. The van der Waals surface area contributed by atoms with Crippen molar-refractivity contribution in [3.63, 3.8) is 0 Å². The molecule has 136 valence electrons. The number of hydrogen-bond donors (Lipinski definition) is 1. The summed E-state index contributed by atoms with van der Waals surface area (Å²) in [5.74, 6) is -1.79. The molecule has 2 atom stereocenters. The van der Waals surface area contributed by atoms with Crippen LogP contribution in [0.3, 0.4) is 0 Å². The Kier molecular flexibility index (Phi) is 3.61. The van der Waals surface area contributed by atoms with Gasteiger partial charge in [0.1, 0.15) is 5.60 Å². The maximum absolute atomic E-state index is 12.7. The summed E-state index contributed by atoms with van der Waals surface area (Å²) in [7, 11) is 0. The van der Waals surface area contributed by atoms with E-state index < -0.39 is 34.6 Å². The number of alkyl halides is 3. The standard InChI is InChI=1S/C15H22F3N3O3/c1-12(2,3)24-11(23)21-8-13-4-19-5-14(13,9-21)7-20(6-13)10(22)15(16,17)18/h19H,4-9H2,1-3H3. The second kappa shape index (κ2) is 5.00. The molecule has 6 nitrogen and oxygen atoms in total. The molecule has 0 bridgehead atoms. The summed E-state index contributed by atoms with van der Waals surface area (Å²) in [6.45, 7) is 6.92. The lowest BCUT2D eigenvalue weighted by molar-refractivity contribution is -0.185. The summed E-state index contributed by atoms with van der Waals surface area (Å²) in [6, 6.07) is 0. The molecule has 1 N–H and O–H groups in total. The van der Waals surface area contributed by atoms with Crippen LogP contribution >= 0.6 is 0 Å². The van der Waals surface area contributed by atoms with E-state index in [4.69, 9.17) is 4.74 Å². The van der Waals surface area contributed by atoms with Crippen LogP contribution < -0.4 is 5.32 Å². The van der Waals surface area contributed by atoms with Gasteiger partial charge in [-0.15, -0.1) is 0 Å². The van der Waals surface area contributed by atoms with Crippen molar-refractivity contribution in [1.82, 2.24) is 15.1 Å². The van der Waals surface area contributed by atoms with Crippen LogP contribution in [0, 0.1) is 10.8 Å². The number of amides is 2. The molecule has 9 heteroatoms. The molecule has 3 rings (SSSR count). The number of carbonyl (C=O) groups excluding carboxylic acids is 2. The third-order valence-corrected chi connectivity index (χ3v) is 5.21. The Morgan fingerprint density at radius 2 is 1.42 bits per heavy atom. The third-order valence-electron chi connectivity index (χ3n) is 5.21. The van der Waals surface area contributed by atoms with Gasteiger partial charge >= 0.3 is 18.2 Å². The minimum absolute atomic E-state index is 0.0115. The van der Waals surface area contributed by atoms with Crippen LogP contribution in [-0.4, -0.2) is 72.8 Å². The first-order valence-corrected chi connectivity index (χ1v) is 7.92. The molecule has 0 spiro atoms. The fraction of sp³-hybridized carbons (Fsp3) is 0.867. The van der Waals surface area contributed by atoms with Gasteiger partial charge in [-0.25, -0.2) is 4.79 Å². The number of nitrogens with one attached hydrogen (secondary N) is 1. The average molecular weight is 349 g/mol. The number of hydrogen-bond acceptors (Lipinski definition) is 4. The molecule has 0 aromatic rings. The minimum atomic E-state index is -4.86. The first-order valence-electron chi connectivity index (χ1n) is 7.92. The normalized spacial score (nSPS) is 32.8. The molecule has 2 amide bonds. The van der Waals surface area contributed by atoms with E-state index in [1.54, 1.807) is 25.7 Å². The van der Waals surface area contributed by atoms with E-state index in [1.165, 1.54) is 0 Å². The maximum atomic E-state index is 12.7. The zero-order valence-electron chi connectivity index (χ0n) is 14.0. The zero-order valence-corrected chi connectivity index (χ0v) is 14.0. The second-order valence-electron chi connectivity index (χ2n) is 8.16. The fourth-order valence-corrected chi connectivity index (χ4v) is 4.26. The Morgan fingerprint density at radius 3 is 1.83 bits per heavy atom. The highest BCUT2D eigenvalue weighted by molar-refractivity contribution is 5.82. The van der Waals surface area contributed by atoms with Gasteiger partial charge in [0.15, 0.2) is 0 Å². The van der Waals surface area contributed by atoms with E-state index in [2.05, 4.69) is 5.32 Å². The van der Waals surface area contributed by atoms with Gasteiger partial charge in [-0.2, -0.15) is 13.2 Å². The van der Waals surface area contributed by atoms with Crippen LogP contribution in [0.2, 0.25) is 0 Å². The van der Waals surface area contributed by atoms with Crippen molar-refractivity contribution in [3.05, 3.63) is 0 Å². The largest absolute Gasteiger partial charge is 0.471 e. The fourth-order valence-electron chi connectivity index (χ4n) is 4.26. The molecule has 3 aliphatic heterocycles. The highest BCUT2D eigenvalue weighted by Gasteiger charge is 2.68. The van der Waals surface area contributed by atoms with Gasteiger partial charge in [0, 0.05) is 50.1 Å². The Bertz CT molecular complexity index is 553. The Balaban J connectivity index is 1.77. The molecule has 0 aliphatic carbocycles. The van der Waals surface area contributed by atoms with Crippen LogP contribution in [0.15, 0.2) is 0 Å². The maximum Gasteiger partial charge on any atom is 0.471 e. The highest BCUT2D eigenvalue weighted by atomic mass is 19.4. The molecule has 0 aromatic carbocycles. The monoisotopic (exact) mass is 349 g/mol. The Morgan fingerprint density at radius 1 is 0.958 bits per heavy atom. The van der Waals surface area contributed by atoms with Crippen LogP contribution in [0.4, 0.5) is 18.0 Å². The lowest BCUT2D eigenvalue weighted by atomic mass is 9.71. The predicted octanol–water partition coefficient (Wildman–Crippen LogP) is 1.22. The van der Waals surface area contributed by atoms with Gasteiger partial charge in [0.25, 0.3) is 0 Å². The van der Waals surface area contributed by atoms with E-state index in [-0.39, 0.29) is 13.1 Å². The molecule has 2 unspecified atom stereocenters. The molecule has 3 heterocycles. The van der Waals surface area contributed by atoms with Crippen molar-refractivity contribution in [2.24, 2.45) is 10.8 Å². The van der Waals surface area contributed by atoms with Crippen LogP contribution in [-0.2, 0) is 9.53 Å². The number of nitrogens with zero attached hydrogens (tertiary/aromatic N) is 2. The van der Waals surface area contributed by atoms with Gasteiger partial charge in [-0.05, 0) is 20.8 Å². The lowest BCUT2D eigenvalue weighted by Gasteiger charge is -2.29. The summed E-state index contributed by atoms with van der Waals surface area (Å²) >= 11 is 0. The molecule has 0 aromatic heterocycles. The number of ether oxygens (including phenoxy) is 1. The third kappa shape index (κ3) is 2.62. The van der Waals surface area contributed by atoms with Crippen LogP contribution in [0.1, 0.15) is 20.8 Å². The first-order chi connectivity index (χ1) is 10.9. The molecule has 0 radical (unpaired) electrons. The Hall–Kier alpha value is -1.51. The minimum Gasteiger partial charge on any atom is -0.444 e. The molecular formula is C15H22F3N3O3. The molecule has 3 fully saturated rings. The van der Waals surface area contributed by atoms with E-state index in [9.17, 15) is 22.8 Å². The SMILES string of the molecule is CC(C)(C)OC(=O)N1CC23CNCC2(C1)CN(C(=O)C(F)(F)F)C3. The molecule has 3 saturated heterocycles. The van der Waals surface area contributed by atoms with Crippen LogP contribution in [0.25, 0.3) is 0 Å². The molecule has 0 saturated carbocycles. The quantitative estimate of drug-likeness (QED) is 0.714. The summed E-state index contributed by atoms with van der Waals surface area (Å²) < 4.78 is 43.6. The average Bonchev–Trinajstić information content (AvgIpc) is 2.92. The van der Waals surface area contributed by atoms with Gasteiger partial charge in [0.2, 0.25) is 0 Å². The van der Waals surface area contributed by atoms with Crippen molar-refractivity contribution < 1.29 is 27.5 Å². The summed E-state index contributed by atoms with van der Waals surface area (Å²) in [5.41, 5.74) is -1.70. The van der Waals surface area contributed by atoms with E-state index in [1.807, 2.05) is 0 Å². The smallest absolute Gasteiger partial charge is 0.444 e. The number of halogens is 3. The van der Waals surface area contributed by atoms with Gasteiger partial charge < -0.3 is 19.9 Å². The van der Waals surface area contributed by atoms with Crippen molar-refractivity contribution in [1.29, 1.82) is 0 Å². The van der Waals surface area contributed by atoms with Gasteiger partial charge in [0.05, 0.1) is 0 Å². The molecule has 3 aliphatic rings. The second-order valence-corrected chi connectivity index (χ2v) is 8.16. The van der Waals surface area contributed by atoms with Gasteiger partial charge in [-0.1, -0.05) is 0 Å². The van der Waals surface area contributed by atoms with Crippen molar-refractivity contribution in [2.45, 2.75) is 32.5 Å². The summed E-state index contributed by atoms with van der Waals surface area (Å²) in [6.07, 6.45) is -5.32. The van der Waals surface area contributed by atoms with Crippen LogP contribution in [0.5, 0.6) is 0 Å². The first kappa shape index (κ1) is 17.3. The topological polar surface area (TPSA) is 61.9 Å². The Labute approximate surface area is 138 Å². The highest BCUT2D eigenvalue weighted by Crippen LogP contribution is 2.54. The van der Waals surface area contributed by atoms with E-state index in [0.717, 1.165) is 4.90 Å². The van der Waals surface area contributed by atoms with Crippen molar-refractivity contribution in [2.75, 3.05) is 39.3 Å². The van der Waals surface area contributed by atoms with Gasteiger partial charge in [-0.3, -0.25) is 4.79 Å². The number of carbonyl (C=O) groups is 2. The van der Waals surface area contributed by atoms with Crippen molar-refractivity contribution in [3.8, 4) is 0 Å². The van der Waals surface area contributed by atoms with E-state index in [0.29, 0.717) is 26.2 Å².